The molecule has 1 unspecified atom stereocenters. The molecule has 1 aliphatic carbocycles. The number of hydrogen-bond acceptors (Lipinski definition) is 7. The van der Waals surface area contributed by atoms with Crippen LogP contribution in [0, 0.1) is 11.3 Å². The standard InChI is InChI=1S/C28H30ClF3N10O3/c1-15-13-41(8-6-34-15)27(45)38-18-9-17(10-18)37-25(43)19-4-3-16(11-21(19)29)36-26(44)24-35-12-22(40(24)2)20-14-42(7-5-33)39-23(20)28(30,31)32/h3-4,11-12,14-15,17-18,34H,6-10,13H2,1-2H3,(H,36,44)(H,37,43)(H,38,45)/t15?,17-,18+. The minimum Gasteiger partial charge on any atom is -0.349 e. The van der Waals surface area contributed by atoms with Crippen LogP contribution in [0.5, 0.6) is 0 Å². The number of nitrogens with one attached hydrogen (secondary N) is 4. The van der Waals surface area contributed by atoms with Crippen molar-refractivity contribution in [3.8, 4) is 17.3 Å². The molecule has 1 atom stereocenters. The summed E-state index contributed by atoms with van der Waals surface area (Å²) in [6.45, 7) is 3.65. The zero-order chi connectivity index (χ0) is 32.5. The van der Waals surface area contributed by atoms with Crippen molar-refractivity contribution >= 4 is 35.1 Å². The van der Waals surface area contributed by atoms with Gasteiger partial charge in [-0.05, 0) is 38.0 Å². The fourth-order valence-corrected chi connectivity index (χ4v) is 5.57. The van der Waals surface area contributed by atoms with Crippen LogP contribution in [0.15, 0.2) is 30.6 Å². The first kappa shape index (κ1) is 31.8. The van der Waals surface area contributed by atoms with Crippen LogP contribution in [0.25, 0.3) is 11.3 Å². The Bertz CT molecular complexity index is 1660. The van der Waals surface area contributed by atoms with Gasteiger partial charge in [-0.15, -0.1) is 0 Å². The number of anilines is 1. The maximum atomic E-state index is 13.6. The maximum absolute atomic E-state index is 13.6. The second kappa shape index (κ2) is 12.8. The van der Waals surface area contributed by atoms with Gasteiger partial charge in [-0.1, -0.05) is 11.6 Å². The molecule has 0 spiro atoms. The van der Waals surface area contributed by atoms with Crippen molar-refractivity contribution in [3.05, 3.63) is 52.7 Å². The molecule has 1 aliphatic heterocycles. The molecule has 0 radical (unpaired) electrons. The molecule has 3 heterocycles. The molecule has 1 saturated heterocycles. The van der Waals surface area contributed by atoms with Crippen molar-refractivity contribution in [1.82, 2.24) is 40.2 Å². The highest BCUT2D eigenvalue weighted by Gasteiger charge is 2.39. The fourth-order valence-electron chi connectivity index (χ4n) is 5.31. The molecule has 2 fully saturated rings. The van der Waals surface area contributed by atoms with Gasteiger partial charge in [0.2, 0.25) is 0 Å². The first-order valence-electron chi connectivity index (χ1n) is 14.1. The molecular formula is C28H30ClF3N10O3. The van der Waals surface area contributed by atoms with Gasteiger partial charge in [0.15, 0.2) is 11.5 Å². The predicted molar refractivity (Wildman–Crippen MR) is 156 cm³/mol. The summed E-state index contributed by atoms with van der Waals surface area (Å²) in [5.41, 5.74) is -1.15. The lowest BCUT2D eigenvalue weighted by atomic mass is 9.86. The highest BCUT2D eigenvalue weighted by molar-refractivity contribution is 6.34. The van der Waals surface area contributed by atoms with E-state index in [0.717, 1.165) is 23.6 Å². The second-order valence-corrected chi connectivity index (χ2v) is 11.4. The summed E-state index contributed by atoms with van der Waals surface area (Å²) in [4.78, 5) is 44.1. The maximum Gasteiger partial charge on any atom is 0.435 e. The number of rotatable bonds is 7. The van der Waals surface area contributed by atoms with E-state index in [4.69, 9.17) is 16.9 Å². The summed E-state index contributed by atoms with van der Waals surface area (Å²) < 4.78 is 42.9. The van der Waals surface area contributed by atoms with E-state index in [1.807, 2.05) is 6.92 Å². The first-order chi connectivity index (χ1) is 21.3. The molecule has 4 N–H and O–H groups in total. The van der Waals surface area contributed by atoms with E-state index in [1.165, 1.54) is 29.8 Å². The normalized spacial score (nSPS) is 19.8. The van der Waals surface area contributed by atoms with Crippen LogP contribution in [0.2, 0.25) is 5.02 Å². The number of carbonyl (C=O) groups excluding carboxylic acids is 3. The lowest BCUT2D eigenvalue weighted by Gasteiger charge is -2.39. The summed E-state index contributed by atoms with van der Waals surface area (Å²) in [6.07, 6.45) is -1.45. The Morgan fingerprint density at radius 1 is 1.18 bits per heavy atom. The number of imidazole rings is 1. The fraction of sp³-hybridized carbons (Fsp3) is 0.429. The Morgan fingerprint density at radius 3 is 2.58 bits per heavy atom. The number of hydrogen-bond donors (Lipinski definition) is 4. The number of urea groups is 1. The Kier molecular flexibility index (Phi) is 9.03. The Morgan fingerprint density at radius 2 is 1.91 bits per heavy atom. The number of amides is 4. The van der Waals surface area contributed by atoms with Gasteiger partial charge in [-0.3, -0.25) is 14.3 Å². The van der Waals surface area contributed by atoms with Gasteiger partial charge in [-0.2, -0.15) is 23.5 Å². The van der Waals surface area contributed by atoms with Gasteiger partial charge in [-0.25, -0.2) is 9.78 Å². The smallest absolute Gasteiger partial charge is 0.349 e. The van der Waals surface area contributed by atoms with E-state index < -0.39 is 23.7 Å². The number of aromatic nitrogens is 4. The molecule has 1 aromatic carbocycles. The minimum atomic E-state index is -4.80. The van der Waals surface area contributed by atoms with Crippen molar-refractivity contribution in [2.45, 2.75) is 50.6 Å². The Labute approximate surface area is 260 Å². The number of benzene rings is 1. The van der Waals surface area contributed by atoms with Crippen molar-refractivity contribution in [1.29, 1.82) is 5.26 Å². The van der Waals surface area contributed by atoms with Crippen molar-refractivity contribution < 1.29 is 27.6 Å². The number of halogens is 4. The van der Waals surface area contributed by atoms with Crippen LogP contribution in [-0.4, -0.2) is 79.8 Å². The number of nitrogens with zero attached hydrogens (tertiary/aromatic N) is 6. The lowest BCUT2D eigenvalue weighted by molar-refractivity contribution is -0.141. The van der Waals surface area contributed by atoms with Gasteiger partial charge >= 0.3 is 12.2 Å². The molecule has 13 nitrogen and oxygen atoms in total. The van der Waals surface area contributed by atoms with Crippen LogP contribution < -0.4 is 21.3 Å². The summed E-state index contributed by atoms with van der Waals surface area (Å²) in [6, 6.07) is 5.97. The number of alkyl halides is 3. The molecule has 3 aromatic rings. The van der Waals surface area contributed by atoms with Crippen LogP contribution >= 0.6 is 11.6 Å². The van der Waals surface area contributed by atoms with E-state index in [0.29, 0.717) is 25.9 Å². The number of carbonyl (C=O) groups is 3. The summed E-state index contributed by atoms with van der Waals surface area (Å²) in [7, 11) is 1.38. The van der Waals surface area contributed by atoms with Gasteiger partial charge in [0.1, 0.15) is 6.54 Å². The molecule has 2 aromatic heterocycles. The second-order valence-electron chi connectivity index (χ2n) is 11.0. The third kappa shape index (κ3) is 7.04. The SMILES string of the molecule is CC1CN(C(=O)N[C@H]2C[C@@H](NC(=O)c3ccc(NC(=O)c4ncc(-c5cn(CC#N)nc5C(F)(F)F)n4C)cc3Cl)C2)CCN1. The monoisotopic (exact) mass is 646 g/mol. The molecule has 1 saturated carbocycles. The quantitative estimate of drug-likeness (QED) is 0.307. The van der Waals surface area contributed by atoms with E-state index in [-0.39, 0.29) is 64.1 Å². The molecule has 0 bridgehead atoms. The van der Waals surface area contributed by atoms with Gasteiger partial charge in [0, 0.05) is 56.7 Å². The van der Waals surface area contributed by atoms with Gasteiger partial charge in [0.05, 0.1) is 34.1 Å². The van der Waals surface area contributed by atoms with Crippen molar-refractivity contribution in [2.75, 3.05) is 25.0 Å². The molecule has 45 heavy (non-hydrogen) atoms. The average molecular weight is 647 g/mol. The highest BCUT2D eigenvalue weighted by atomic mass is 35.5. The topological polar surface area (TPSA) is 162 Å². The number of nitriles is 1. The zero-order valence-corrected chi connectivity index (χ0v) is 25.0. The summed E-state index contributed by atoms with van der Waals surface area (Å²) >= 11 is 6.36. The summed E-state index contributed by atoms with van der Waals surface area (Å²) in [5.74, 6) is -1.33. The van der Waals surface area contributed by atoms with Crippen molar-refractivity contribution in [3.63, 3.8) is 0 Å². The van der Waals surface area contributed by atoms with Crippen molar-refractivity contribution in [2.24, 2.45) is 7.05 Å². The average Bonchev–Trinajstić information content (AvgIpc) is 3.55. The van der Waals surface area contributed by atoms with E-state index in [1.54, 1.807) is 11.0 Å². The zero-order valence-electron chi connectivity index (χ0n) is 24.3. The molecule has 17 heteroatoms. The molecular weight excluding hydrogens is 617 g/mol. The molecule has 2 aliphatic rings. The predicted octanol–water partition coefficient (Wildman–Crippen LogP) is 3.00. The number of piperazine rings is 1. The lowest BCUT2D eigenvalue weighted by Crippen LogP contribution is -2.59. The molecule has 5 rings (SSSR count). The van der Waals surface area contributed by atoms with E-state index >= 15 is 0 Å². The van der Waals surface area contributed by atoms with Crippen LogP contribution in [0.3, 0.4) is 0 Å². The van der Waals surface area contributed by atoms with E-state index in [9.17, 15) is 27.6 Å². The van der Waals surface area contributed by atoms with Gasteiger partial charge < -0.3 is 30.7 Å². The first-order valence-corrected chi connectivity index (χ1v) is 14.5. The third-order valence-electron chi connectivity index (χ3n) is 7.66. The van der Waals surface area contributed by atoms with Crippen LogP contribution in [0.4, 0.5) is 23.7 Å². The Balaban J connectivity index is 1.18. The van der Waals surface area contributed by atoms with Gasteiger partial charge in [0.25, 0.3) is 11.8 Å². The van der Waals surface area contributed by atoms with E-state index in [2.05, 4.69) is 31.3 Å². The minimum absolute atomic E-state index is 0.0297. The Hall–Kier alpha value is -4.62. The highest BCUT2D eigenvalue weighted by Crippen LogP contribution is 2.36. The molecule has 238 valence electrons. The van der Waals surface area contributed by atoms with Crippen LogP contribution in [0.1, 0.15) is 46.4 Å². The summed E-state index contributed by atoms with van der Waals surface area (Å²) in [5, 5.41) is 24.2. The van der Waals surface area contributed by atoms with Crippen LogP contribution in [-0.2, 0) is 19.8 Å². The largest absolute Gasteiger partial charge is 0.435 e. The third-order valence-corrected chi connectivity index (χ3v) is 7.97. The molecule has 4 amide bonds.